The van der Waals surface area contributed by atoms with Crippen LogP contribution in [0.2, 0.25) is 5.02 Å². The maximum Gasteiger partial charge on any atom is 0.491 e. The maximum atomic E-state index is 13.4. The molecule has 0 amide bonds. The molecule has 1 fully saturated rings. The predicted octanol–water partition coefficient (Wildman–Crippen LogP) is 6.38. The summed E-state index contributed by atoms with van der Waals surface area (Å²) in [6.45, 7) is 0.837. The Balaban J connectivity index is 1.42. The zero-order chi connectivity index (χ0) is 28.3. The summed E-state index contributed by atoms with van der Waals surface area (Å²) in [5.74, 6) is -2.41. The molecule has 1 unspecified atom stereocenters. The third-order valence-corrected chi connectivity index (χ3v) is 6.07. The lowest BCUT2D eigenvalue weighted by molar-refractivity contribution is -0.189. The Hall–Kier alpha value is -4.16. The van der Waals surface area contributed by atoms with E-state index < -0.39 is 17.9 Å². The molecule has 8 nitrogen and oxygen atoms in total. The van der Waals surface area contributed by atoms with Crippen molar-refractivity contribution < 1.29 is 41.3 Å². The van der Waals surface area contributed by atoms with E-state index in [1.807, 2.05) is 0 Å². The van der Waals surface area contributed by atoms with Crippen LogP contribution in [0.5, 0.6) is 17.2 Å². The fourth-order valence-electron chi connectivity index (χ4n) is 3.95. The third kappa shape index (κ3) is 6.52. The van der Waals surface area contributed by atoms with Gasteiger partial charge in [-0.1, -0.05) is 23.7 Å². The number of aromatic nitrogens is 2. The van der Waals surface area contributed by atoms with Crippen LogP contribution < -0.4 is 19.5 Å². The van der Waals surface area contributed by atoms with Crippen LogP contribution in [0.3, 0.4) is 0 Å². The minimum Gasteiger partial charge on any atom is -0.487 e. The number of anilines is 2. The van der Waals surface area contributed by atoms with Crippen LogP contribution in [0.4, 0.5) is 29.1 Å². The number of halogens is 5. The first-order valence-corrected chi connectivity index (χ1v) is 12.3. The first-order valence-electron chi connectivity index (χ1n) is 11.9. The molecule has 0 aliphatic carbocycles. The van der Waals surface area contributed by atoms with Gasteiger partial charge in [0.15, 0.2) is 0 Å². The molecule has 40 heavy (non-hydrogen) atoms. The van der Waals surface area contributed by atoms with Gasteiger partial charge in [-0.05, 0) is 35.9 Å². The molecule has 1 saturated heterocycles. The molecule has 4 aromatic rings. The lowest BCUT2D eigenvalue weighted by atomic mass is 10.2. The second kappa shape index (κ2) is 11.5. The average molecular weight is 578 g/mol. The maximum absolute atomic E-state index is 13.4. The summed E-state index contributed by atoms with van der Waals surface area (Å²) in [5, 5.41) is 3.71. The van der Waals surface area contributed by atoms with Crippen molar-refractivity contribution in [1.29, 1.82) is 0 Å². The number of rotatable bonds is 8. The van der Waals surface area contributed by atoms with Crippen molar-refractivity contribution in [3.05, 3.63) is 77.3 Å². The first-order chi connectivity index (χ1) is 19.2. The van der Waals surface area contributed by atoms with Crippen molar-refractivity contribution in [1.82, 2.24) is 9.97 Å². The van der Waals surface area contributed by atoms with Gasteiger partial charge in [0.05, 0.1) is 29.1 Å². The second-order valence-electron chi connectivity index (χ2n) is 8.72. The molecule has 2 heterocycles. The second-order valence-corrected chi connectivity index (χ2v) is 9.12. The number of benzene rings is 3. The largest absolute Gasteiger partial charge is 0.491 e. The van der Waals surface area contributed by atoms with Gasteiger partial charge >= 0.3 is 12.1 Å². The number of nitrogens with one attached hydrogen (secondary N) is 1. The Morgan fingerprint density at radius 3 is 2.67 bits per heavy atom. The number of alkyl halides is 3. The molecule has 1 aliphatic heterocycles. The van der Waals surface area contributed by atoms with Crippen molar-refractivity contribution in [3.8, 4) is 17.2 Å². The minimum atomic E-state index is -5.18. The Morgan fingerprint density at radius 1 is 1.10 bits per heavy atom. The molecule has 1 N–H and O–H groups in total. The monoisotopic (exact) mass is 577 g/mol. The molecule has 13 heteroatoms. The van der Waals surface area contributed by atoms with Crippen molar-refractivity contribution in [2.75, 3.05) is 18.5 Å². The van der Waals surface area contributed by atoms with Crippen molar-refractivity contribution in [2.45, 2.75) is 25.3 Å². The Kier molecular flexibility index (Phi) is 7.90. The smallest absolute Gasteiger partial charge is 0.487 e. The highest BCUT2D eigenvalue weighted by molar-refractivity contribution is 6.32. The molecule has 5 rings (SSSR count). The number of ether oxygens (including phenoxy) is 4. The third-order valence-electron chi connectivity index (χ3n) is 5.78. The van der Waals surface area contributed by atoms with Crippen molar-refractivity contribution >= 4 is 40.0 Å². The summed E-state index contributed by atoms with van der Waals surface area (Å²) in [5.41, 5.74) is 1.30. The quantitative estimate of drug-likeness (QED) is 0.147. The van der Waals surface area contributed by atoms with E-state index in [9.17, 15) is 22.4 Å². The summed E-state index contributed by atoms with van der Waals surface area (Å²) in [6, 6.07) is 13.2. The van der Waals surface area contributed by atoms with E-state index in [4.69, 9.17) is 25.8 Å². The number of carbonyl (C=O) groups excluding carboxylic acids is 1. The lowest BCUT2D eigenvalue weighted by Crippen LogP contribution is -2.28. The van der Waals surface area contributed by atoms with E-state index in [0.717, 1.165) is 0 Å². The van der Waals surface area contributed by atoms with Crippen molar-refractivity contribution in [2.24, 2.45) is 0 Å². The fraction of sp³-hybridized carbons (Fsp3) is 0.222. The highest BCUT2D eigenvalue weighted by Crippen LogP contribution is 2.38. The van der Waals surface area contributed by atoms with Crippen LogP contribution in [0.25, 0.3) is 10.9 Å². The van der Waals surface area contributed by atoms with Crippen molar-refractivity contribution in [3.63, 3.8) is 0 Å². The zero-order valence-electron chi connectivity index (χ0n) is 20.5. The molecule has 0 bridgehead atoms. The van der Waals surface area contributed by atoms with E-state index >= 15 is 0 Å². The van der Waals surface area contributed by atoms with Crippen LogP contribution in [-0.4, -0.2) is 41.4 Å². The SMILES string of the molecule is O=C(Oc1cc(OC2CCOC2)c2c(Nc3ccc(OCc4cccc(F)c4)c(Cl)c3)ncnc2c1)C(F)(F)F. The number of esters is 1. The van der Waals surface area contributed by atoms with Gasteiger partial charge in [0.2, 0.25) is 0 Å². The molecule has 208 valence electrons. The molecule has 3 aromatic carbocycles. The van der Waals surface area contributed by atoms with Gasteiger partial charge in [-0.15, -0.1) is 0 Å². The van der Waals surface area contributed by atoms with Gasteiger partial charge in [-0.25, -0.2) is 19.2 Å². The standard InChI is InChI=1S/C27H20ClF4N3O5/c28-20-9-17(4-5-22(20)38-12-15-2-1-3-16(29)8-15)35-25-24-21(33-14-34-25)10-19(40-26(36)27(30,31)32)11-23(24)39-18-6-7-37-13-18/h1-5,8-11,14,18H,6-7,12-13H2,(H,33,34,35). The van der Waals surface area contributed by atoms with E-state index in [0.29, 0.717) is 35.4 Å². The van der Waals surface area contributed by atoms with Gasteiger partial charge in [-0.2, -0.15) is 13.2 Å². The van der Waals surface area contributed by atoms with Crippen LogP contribution in [0.15, 0.2) is 60.9 Å². The van der Waals surface area contributed by atoms with E-state index in [1.54, 1.807) is 30.3 Å². The number of hydrogen-bond donors (Lipinski definition) is 1. The van der Waals surface area contributed by atoms with Crippen LogP contribution >= 0.6 is 11.6 Å². The molecule has 0 radical (unpaired) electrons. The van der Waals surface area contributed by atoms with Gasteiger partial charge in [0.1, 0.15) is 47.9 Å². The predicted molar refractivity (Wildman–Crippen MR) is 137 cm³/mol. The number of fused-ring (bicyclic) bond motifs is 1. The van der Waals surface area contributed by atoms with E-state index in [2.05, 4.69) is 20.0 Å². The summed E-state index contributed by atoms with van der Waals surface area (Å²) in [6.07, 6.45) is -3.81. The Labute approximate surface area is 229 Å². The Bertz CT molecular complexity index is 1550. The molecule has 1 atom stereocenters. The van der Waals surface area contributed by atoms with Crippen LogP contribution in [-0.2, 0) is 16.1 Å². The molecule has 0 spiro atoms. The highest BCUT2D eigenvalue weighted by atomic mass is 35.5. The topological polar surface area (TPSA) is 91.8 Å². The summed E-state index contributed by atoms with van der Waals surface area (Å²) in [4.78, 5) is 19.8. The fourth-order valence-corrected chi connectivity index (χ4v) is 4.18. The first kappa shape index (κ1) is 27.4. The van der Waals surface area contributed by atoms with Gasteiger partial charge < -0.3 is 24.3 Å². The normalized spacial score (nSPS) is 15.2. The van der Waals surface area contributed by atoms with Gasteiger partial charge in [-0.3, -0.25) is 0 Å². The minimum absolute atomic E-state index is 0.0993. The lowest BCUT2D eigenvalue weighted by Gasteiger charge is -2.18. The van der Waals surface area contributed by atoms with Crippen LogP contribution in [0, 0.1) is 5.82 Å². The van der Waals surface area contributed by atoms with Gasteiger partial charge in [0, 0.05) is 24.2 Å². The summed E-state index contributed by atoms with van der Waals surface area (Å²) in [7, 11) is 0. The number of nitrogens with zero attached hydrogens (tertiary/aromatic N) is 2. The molecule has 1 aromatic heterocycles. The van der Waals surface area contributed by atoms with E-state index in [1.165, 1.54) is 30.6 Å². The highest BCUT2D eigenvalue weighted by Gasteiger charge is 2.41. The molecule has 0 saturated carbocycles. The van der Waals surface area contributed by atoms with Gasteiger partial charge in [0.25, 0.3) is 0 Å². The van der Waals surface area contributed by atoms with Crippen LogP contribution in [0.1, 0.15) is 12.0 Å². The number of carbonyl (C=O) groups is 1. The molecule has 1 aliphatic rings. The van der Waals surface area contributed by atoms with E-state index in [-0.39, 0.29) is 47.2 Å². The number of hydrogen-bond acceptors (Lipinski definition) is 8. The molecular formula is C27H20ClF4N3O5. The summed E-state index contributed by atoms with van der Waals surface area (Å²) >= 11 is 6.41. The summed E-state index contributed by atoms with van der Waals surface area (Å²) < 4.78 is 73.4. The zero-order valence-corrected chi connectivity index (χ0v) is 21.3. The average Bonchev–Trinajstić information content (AvgIpc) is 3.41. The molecular weight excluding hydrogens is 558 g/mol. The Morgan fingerprint density at radius 2 is 1.95 bits per heavy atom.